The maximum Gasteiger partial charge on any atom is 0.163 e. The molecule has 0 atom stereocenters. The average Bonchev–Trinajstić information content (AvgIpc) is 1.56. The van der Waals surface area contributed by atoms with Gasteiger partial charge in [0.05, 0.1) is 60.9 Å². The van der Waals surface area contributed by atoms with Gasteiger partial charge in [0, 0.05) is 145 Å². The van der Waals surface area contributed by atoms with Gasteiger partial charge in [-0.1, -0.05) is 322 Å². The van der Waals surface area contributed by atoms with Gasteiger partial charge in [0.2, 0.25) is 0 Å². The van der Waals surface area contributed by atoms with Crippen molar-refractivity contribution in [3.8, 4) is 113 Å². The molecule has 0 amide bonds. The average molecular weight is 1810 g/mol. The molecule has 10 heterocycles. The predicted molar refractivity (Wildman–Crippen MR) is 578 cm³/mol. The van der Waals surface area contributed by atoms with Crippen molar-refractivity contribution in [1.29, 1.82) is 0 Å². The summed E-state index contributed by atoms with van der Waals surface area (Å²) in [5.74, 6) is 2.60. The molecule has 0 N–H and O–H groups in total. The van der Waals surface area contributed by atoms with Crippen molar-refractivity contribution >= 4 is 172 Å². The molecular weight excluding hydrogens is 1740 g/mol. The molecule has 0 spiro atoms. The van der Waals surface area contributed by atoms with Crippen molar-refractivity contribution in [2.45, 2.75) is 0 Å². The fourth-order valence-corrected chi connectivity index (χ4v) is 23.4. The van der Waals surface area contributed by atoms with Crippen molar-refractivity contribution in [3.63, 3.8) is 0 Å². The van der Waals surface area contributed by atoms with E-state index in [-0.39, 0.29) is 0 Å². The number of hydrogen-bond acceptors (Lipinski definition) is 10. The second-order valence-corrected chi connectivity index (χ2v) is 37.0. The summed E-state index contributed by atoms with van der Waals surface area (Å²) < 4.78 is 21.5. The quantitative estimate of drug-likeness (QED) is 0.118. The van der Waals surface area contributed by atoms with Gasteiger partial charge in [-0.3, -0.25) is 0 Å². The third-order valence-electron chi connectivity index (χ3n) is 27.0. The van der Waals surface area contributed by atoms with E-state index in [1.807, 2.05) is 89.4 Å². The van der Waals surface area contributed by atoms with Crippen LogP contribution in [0.15, 0.2) is 472 Å². The summed E-state index contributed by atoms with van der Waals surface area (Å²) in [7, 11) is 0. The molecule has 0 unspecified atom stereocenters. The third kappa shape index (κ3) is 13.7. The van der Waals surface area contributed by atoms with Crippen LogP contribution in [0.3, 0.4) is 0 Å². The molecule has 650 valence electrons. The zero-order valence-corrected chi connectivity index (χ0v) is 76.2. The molecule has 19 aromatic carbocycles. The van der Waals surface area contributed by atoms with Crippen LogP contribution in [0.25, 0.3) is 263 Å². The number of para-hydroxylation sites is 5. The Balaban J connectivity index is 0.000000105. The number of benzene rings is 19. The summed E-state index contributed by atoms with van der Waals surface area (Å²) in [4.78, 5) is 33.1. The number of hydrogen-bond donors (Lipinski definition) is 0. The van der Waals surface area contributed by atoms with Crippen LogP contribution in [-0.4, -0.2) is 53.2 Å². The van der Waals surface area contributed by atoms with Crippen LogP contribution >= 0.6 is 22.7 Å². The van der Waals surface area contributed by atoms with Gasteiger partial charge in [-0.2, -0.15) is 0 Å². The minimum absolute atomic E-state index is 0.627. The lowest BCUT2D eigenvalue weighted by Crippen LogP contribution is -1.96. The van der Waals surface area contributed by atoms with E-state index >= 15 is 0 Å². The van der Waals surface area contributed by atoms with E-state index in [1.54, 1.807) is 12.7 Å². The Morgan fingerprint density at radius 3 is 1.16 bits per heavy atom. The minimum atomic E-state index is 0.627. The summed E-state index contributed by atoms with van der Waals surface area (Å²) in [5.41, 5.74) is 28.2. The summed E-state index contributed by atoms with van der Waals surface area (Å²) in [5, 5.41) is 17.1. The molecule has 139 heavy (non-hydrogen) atoms. The Morgan fingerprint density at radius 2 is 0.590 bits per heavy atom. The highest BCUT2D eigenvalue weighted by Crippen LogP contribution is 2.50. The van der Waals surface area contributed by atoms with Crippen LogP contribution in [0.2, 0.25) is 0 Å². The standard InChI is InChI=1S/C45H27N5O.C41H26N2S.C39H24N4S/c1-3-11-28(12-4-1)44-46-27-47-45(48-44)29-19-21-35-40(25-29)49(30-13-5-2-6-14-30)39-23-22-34-36-26-31(20-24-41(36)51-43(34)42(35)39)50-37-17-9-7-15-32(37)33-16-8-10-18-38(33)50;1-4-12-27(13-5-1)30-25-35(28-14-6-2-7-15-28)42-36(26-30)29-20-22-37-34(24-29)40-38(43(37)31-16-8-3-9-17-31)23-21-33-32-18-10-11-19-39(32)44-41(33)40;1-4-11-25(12-5-1)29-17-10-18-30-31-21-22-33-35(37(31)44-36(29)30)32-20-19-27(23-34(32)43(33)28-15-8-3-9-16-28)39-41-24-40-38(42-39)26-13-6-2-7-14-26/h1-27H;1-26H;1-24H. The Kier molecular flexibility index (Phi) is 19.4. The smallest absolute Gasteiger partial charge is 0.163 e. The van der Waals surface area contributed by atoms with Crippen LogP contribution in [0.5, 0.6) is 0 Å². The minimum Gasteiger partial charge on any atom is -0.455 e. The zero-order valence-electron chi connectivity index (χ0n) is 74.6. The number of aromatic nitrogens is 11. The number of nitrogens with zero attached hydrogens (tertiary/aromatic N) is 11. The van der Waals surface area contributed by atoms with Crippen LogP contribution in [0.1, 0.15) is 0 Å². The largest absolute Gasteiger partial charge is 0.455 e. The topological polar surface area (TPSA) is 123 Å². The SMILES string of the molecule is c1ccc(-c2cc(-c3ccccc3)nc(-c3ccc4c(c3)c3c5sc6ccccc6c5ccc3n4-c3ccccc3)c2)cc1.c1ccc(-c2ncnc(-c3ccc4c5c6oc7ccc(-n8c9ccccc9c9ccccc98)cc7c6ccc5n(-c5ccccc5)c4c3)n2)cc1.c1ccc(-c2ncnc(-c3ccc4c5c6sc7c(-c8ccccc8)cccc7c6ccc5n(-c5ccccc5)c4c3)n2)cc1. The lowest BCUT2D eigenvalue weighted by molar-refractivity contribution is 0.673. The van der Waals surface area contributed by atoms with E-state index in [1.165, 1.54) is 117 Å². The molecule has 0 bridgehead atoms. The number of rotatable bonds is 12. The Labute approximate surface area is 804 Å². The fourth-order valence-electron chi connectivity index (χ4n) is 20.7. The van der Waals surface area contributed by atoms with E-state index in [2.05, 4.69) is 426 Å². The first-order valence-corrected chi connectivity index (χ1v) is 48.2. The number of pyridine rings is 1. The molecule has 0 aliphatic rings. The van der Waals surface area contributed by atoms with Gasteiger partial charge in [0.15, 0.2) is 23.3 Å². The first kappa shape index (κ1) is 80.4. The summed E-state index contributed by atoms with van der Waals surface area (Å²) >= 11 is 3.78. The van der Waals surface area contributed by atoms with Crippen molar-refractivity contribution in [2.75, 3.05) is 0 Å². The van der Waals surface area contributed by atoms with E-state index in [9.17, 15) is 0 Å². The van der Waals surface area contributed by atoms with Crippen molar-refractivity contribution in [3.05, 3.63) is 468 Å². The van der Waals surface area contributed by atoms with Crippen LogP contribution in [-0.2, 0) is 0 Å². The molecule has 0 radical (unpaired) electrons. The van der Waals surface area contributed by atoms with Crippen LogP contribution in [0, 0.1) is 0 Å². The van der Waals surface area contributed by atoms with Gasteiger partial charge in [0.1, 0.15) is 23.8 Å². The second-order valence-electron chi connectivity index (χ2n) is 35.0. The number of fused-ring (bicyclic) bond motifs is 24. The van der Waals surface area contributed by atoms with Gasteiger partial charge in [-0.15, -0.1) is 22.7 Å². The molecule has 12 nitrogen and oxygen atoms in total. The highest BCUT2D eigenvalue weighted by atomic mass is 32.1. The third-order valence-corrected chi connectivity index (χ3v) is 29.5. The molecule has 0 saturated heterocycles. The normalized spacial score (nSPS) is 11.7. The van der Waals surface area contributed by atoms with Crippen molar-refractivity contribution < 1.29 is 4.42 Å². The lowest BCUT2D eigenvalue weighted by atomic mass is 9.99. The van der Waals surface area contributed by atoms with Crippen molar-refractivity contribution in [2.24, 2.45) is 0 Å². The molecule has 0 aliphatic heterocycles. The zero-order chi connectivity index (χ0) is 91.5. The van der Waals surface area contributed by atoms with Gasteiger partial charge >= 0.3 is 0 Å². The van der Waals surface area contributed by atoms with Gasteiger partial charge < -0.3 is 22.7 Å². The van der Waals surface area contributed by atoms with Crippen LogP contribution in [0.4, 0.5) is 0 Å². The highest BCUT2D eigenvalue weighted by Gasteiger charge is 2.27. The molecule has 14 heteroatoms. The molecule has 0 saturated carbocycles. The van der Waals surface area contributed by atoms with E-state index in [0.29, 0.717) is 23.3 Å². The highest BCUT2D eigenvalue weighted by molar-refractivity contribution is 7.27. The Hall–Kier alpha value is -18.2. The van der Waals surface area contributed by atoms with Gasteiger partial charge in [-0.25, -0.2) is 34.9 Å². The first-order valence-electron chi connectivity index (χ1n) is 46.5. The first-order chi connectivity index (χ1) is 68.9. The van der Waals surface area contributed by atoms with E-state index < -0.39 is 0 Å². The monoisotopic (exact) mass is 1810 g/mol. The predicted octanol–water partition coefficient (Wildman–Crippen LogP) is 33.2. The second kappa shape index (κ2) is 33.5. The summed E-state index contributed by atoms with van der Waals surface area (Å²) in [6.07, 6.45) is 3.19. The molecule has 29 rings (SSSR count). The molecule has 0 fully saturated rings. The molecule has 10 aromatic heterocycles. The maximum absolute atomic E-state index is 6.79. The molecule has 0 aliphatic carbocycles. The van der Waals surface area contributed by atoms with E-state index in [4.69, 9.17) is 19.4 Å². The Bertz CT molecular complexity index is 9780. The maximum atomic E-state index is 6.79. The van der Waals surface area contributed by atoms with Crippen LogP contribution < -0.4 is 0 Å². The van der Waals surface area contributed by atoms with Crippen molar-refractivity contribution in [1.82, 2.24) is 53.2 Å². The molecular formula is C125H77N11OS2. The van der Waals surface area contributed by atoms with Gasteiger partial charge in [0.25, 0.3) is 0 Å². The summed E-state index contributed by atoms with van der Waals surface area (Å²) in [6, 6.07) is 161. The number of furan rings is 1. The van der Waals surface area contributed by atoms with Gasteiger partial charge in [-0.05, 0) is 156 Å². The number of thiophene rings is 2. The fraction of sp³-hybridized carbons (Fsp3) is 0. The molecule has 29 aromatic rings. The summed E-state index contributed by atoms with van der Waals surface area (Å²) in [6.45, 7) is 0. The lowest BCUT2D eigenvalue weighted by Gasteiger charge is -2.11. The van der Waals surface area contributed by atoms with E-state index in [0.717, 1.165) is 122 Å². The Morgan fingerprint density at radius 1 is 0.194 bits per heavy atom.